The summed E-state index contributed by atoms with van der Waals surface area (Å²) in [7, 11) is 0. The second-order valence-electron chi connectivity index (χ2n) is 5.49. The predicted molar refractivity (Wildman–Crippen MR) is 101 cm³/mol. The van der Waals surface area contributed by atoms with Crippen molar-refractivity contribution >= 4 is 27.4 Å². The summed E-state index contributed by atoms with van der Waals surface area (Å²) in [6.07, 6.45) is 5.00. The number of nitrogens with one attached hydrogen (secondary N) is 1. The molecule has 0 saturated heterocycles. The van der Waals surface area contributed by atoms with Gasteiger partial charge in [0, 0.05) is 17.2 Å². The number of anilines is 2. The zero-order chi connectivity index (χ0) is 17.6. The number of aromatic nitrogens is 3. The van der Waals surface area contributed by atoms with Crippen molar-refractivity contribution < 1.29 is 0 Å². The van der Waals surface area contributed by atoms with Gasteiger partial charge in [-0.2, -0.15) is 10.4 Å². The van der Waals surface area contributed by atoms with Crippen LogP contribution in [0.4, 0.5) is 11.5 Å². The summed E-state index contributed by atoms with van der Waals surface area (Å²) in [5, 5.41) is 17.2. The van der Waals surface area contributed by atoms with Crippen LogP contribution in [0.5, 0.6) is 0 Å². The lowest BCUT2D eigenvalue weighted by molar-refractivity contribution is 0.790. The molecule has 0 saturated carbocycles. The van der Waals surface area contributed by atoms with Gasteiger partial charge in [0.25, 0.3) is 0 Å². The Hall–Kier alpha value is -2.85. The normalized spacial score (nSPS) is 10.4. The average Bonchev–Trinajstić information content (AvgIpc) is 2.95. The number of nitrogens with zero attached hydrogens (tertiary/aromatic N) is 4. The van der Waals surface area contributed by atoms with E-state index in [0.717, 1.165) is 34.5 Å². The number of para-hydroxylation sites is 1. The molecule has 0 aliphatic rings. The Morgan fingerprint density at radius 3 is 2.76 bits per heavy atom. The monoisotopic (exact) mass is 396 g/mol. The molecule has 2 heterocycles. The number of nitriles is 1. The van der Waals surface area contributed by atoms with Gasteiger partial charge in [0.1, 0.15) is 17.5 Å². The molecule has 0 spiro atoms. The van der Waals surface area contributed by atoms with Crippen molar-refractivity contribution in [3.8, 4) is 11.8 Å². The summed E-state index contributed by atoms with van der Waals surface area (Å²) in [4.78, 5) is 4.11. The van der Waals surface area contributed by atoms with E-state index >= 15 is 0 Å². The van der Waals surface area contributed by atoms with Gasteiger partial charge in [-0.25, -0.2) is 4.68 Å². The fourth-order valence-electron chi connectivity index (χ4n) is 2.54. The number of pyridine rings is 1. The van der Waals surface area contributed by atoms with E-state index in [4.69, 9.17) is 5.73 Å². The molecule has 1 aromatic carbocycles. The first-order valence-corrected chi connectivity index (χ1v) is 8.65. The van der Waals surface area contributed by atoms with Gasteiger partial charge in [0.05, 0.1) is 23.3 Å². The molecule has 0 fully saturated rings. The van der Waals surface area contributed by atoms with Crippen molar-refractivity contribution in [3.63, 3.8) is 0 Å². The molecule has 0 radical (unpaired) electrons. The SMILES string of the molecule is N#Cc1c(CCCNc2cncc(Br)c2)nn(-c2ccccc2)c1N. The van der Waals surface area contributed by atoms with E-state index in [9.17, 15) is 5.26 Å². The Morgan fingerprint density at radius 1 is 1.24 bits per heavy atom. The second-order valence-corrected chi connectivity index (χ2v) is 6.40. The molecule has 2 aromatic heterocycles. The highest BCUT2D eigenvalue weighted by Crippen LogP contribution is 2.21. The second kappa shape index (κ2) is 7.81. The summed E-state index contributed by atoms with van der Waals surface area (Å²) in [5.41, 5.74) is 9.08. The number of nitrogen functional groups attached to an aromatic ring is 1. The van der Waals surface area contributed by atoms with Crippen molar-refractivity contribution in [2.45, 2.75) is 12.8 Å². The molecule has 0 aliphatic carbocycles. The van der Waals surface area contributed by atoms with E-state index < -0.39 is 0 Å². The van der Waals surface area contributed by atoms with Gasteiger partial charge >= 0.3 is 0 Å². The van der Waals surface area contributed by atoms with Gasteiger partial charge in [-0.05, 0) is 47.0 Å². The van der Waals surface area contributed by atoms with Gasteiger partial charge in [0.2, 0.25) is 0 Å². The molecule has 126 valence electrons. The zero-order valence-corrected chi connectivity index (χ0v) is 15.1. The van der Waals surface area contributed by atoms with E-state index in [1.54, 1.807) is 17.1 Å². The first-order valence-electron chi connectivity index (χ1n) is 7.86. The number of hydrogen-bond acceptors (Lipinski definition) is 5. The molecular formula is C18H17BrN6. The maximum atomic E-state index is 9.41. The van der Waals surface area contributed by atoms with Crippen LogP contribution in [-0.2, 0) is 6.42 Å². The van der Waals surface area contributed by atoms with Gasteiger partial charge in [-0.15, -0.1) is 0 Å². The molecule has 3 N–H and O–H groups in total. The average molecular weight is 397 g/mol. The Kier molecular flexibility index (Phi) is 5.31. The van der Waals surface area contributed by atoms with Crippen molar-refractivity contribution in [1.29, 1.82) is 5.26 Å². The van der Waals surface area contributed by atoms with Gasteiger partial charge < -0.3 is 11.1 Å². The Labute approximate surface area is 154 Å². The fourth-order valence-corrected chi connectivity index (χ4v) is 2.90. The molecule has 0 bridgehead atoms. The number of aryl methyl sites for hydroxylation is 1. The molecule has 0 atom stereocenters. The van der Waals surface area contributed by atoms with Gasteiger partial charge in [-0.1, -0.05) is 18.2 Å². The maximum Gasteiger partial charge on any atom is 0.145 e. The number of benzene rings is 1. The van der Waals surface area contributed by atoms with E-state index in [0.29, 0.717) is 17.8 Å². The minimum Gasteiger partial charge on any atom is -0.384 e. The quantitative estimate of drug-likeness (QED) is 0.621. The van der Waals surface area contributed by atoms with Crippen LogP contribution in [0.3, 0.4) is 0 Å². The Balaban J connectivity index is 1.67. The summed E-state index contributed by atoms with van der Waals surface area (Å²) in [6, 6.07) is 13.7. The van der Waals surface area contributed by atoms with E-state index in [2.05, 4.69) is 37.4 Å². The van der Waals surface area contributed by atoms with E-state index in [1.165, 1.54) is 0 Å². The van der Waals surface area contributed by atoms with Crippen LogP contribution in [0.15, 0.2) is 53.3 Å². The van der Waals surface area contributed by atoms with E-state index in [-0.39, 0.29) is 0 Å². The summed E-state index contributed by atoms with van der Waals surface area (Å²) in [6.45, 7) is 0.751. The molecule has 3 aromatic rings. The molecule has 7 heteroatoms. The van der Waals surface area contributed by atoms with Crippen LogP contribution in [0, 0.1) is 11.3 Å². The molecule has 0 amide bonds. The highest BCUT2D eigenvalue weighted by atomic mass is 79.9. The summed E-state index contributed by atoms with van der Waals surface area (Å²) in [5.74, 6) is 0.382. The minimum absolute atomic E-state index is 0.382. The third kappa shape index (κ3) is 3.98. The van der Waals surface area contributed by atoms with Crippen LogP contribution in [0.2, 0.25) is 0 Å². The fraction of sp³-hybridized carbons (Fsp3) is 0.167. The van der Waals surface area contributed by atoms with Gasteiger partial charge in [0.15, 0.2) is 0 Å². The first kappa shape index (κ1) is 17.0. The smallest absolute Gasteiger partial charge is 0.145 e. The maximum absolute atomic E-state index is 9.41. The lowest BCUT2D eigenvalue weighted by atomic mass is 10.1. The van der Waals surface area contributed by atoms with Crippen LogP contribution in [-0.4, -0.2) is 21.3 Å². The molecule has 0 unspecified atom stereocenters. The summed E-state index contributed by atoms with van der Waals surface area (Å²) >= 11 is 3.39. The highest BCUT2D eigenvalue weighted by molar-refractivity contribution is 9.10. The number of hydrogen-bond donors (Lipinski definition) is 2. The number of nitrogens with two attached hydrogens (primary N) is 1. The van der Waals surface area contributed by atoms with Crippen molar-refractivity contribution in [3.05, 3.63) is 64.5 Å². The lowest BCUT2D eigenvalue weighted by Gasteiger charge is -2.05. The van der Waals surface area contributed by atoms with E-state index in [1.807, 2.05) is 36.4 Å². The van der Waals surface area contributed by atoms with Crippen molar-refractivity contribution in [1.82, 2.24) is 14.8 Å². The molecule has 6 nitrogen and oxygen atoms in total. The predicted octanol–water partition coefficient (Wildman–Crippen LogP) is 3.53. The topological polar surface area (TPSA) is 92.5 Å². The Bertz CT molecular complexity index is 898. The van der Waals surface area contributed by atoms with Crippen LogP contribution in [0.25, 0.3) is 5.69 Å². The van der Waals surface area contributed by atoms with Crippen molar-refractivity contribution in [2.24, 2.45) is 0 Å². The molecule has 0 aliphatic heterocycles. The zero-order valence-electron chi connectivity index (χ0n) is 13.5. The van der Waals surface area contributed by atoms with Crippen LogP contribution in [0.1, 0.15) is 17.7 Å². The third-order valence-electron chi connectivity index (χ3n) is 3.73. The number of rotatable bonds is 6. The summed E-state index contributed by atoms with van der Waals surface area (Å²) < 4.78 is 2.55. The Morgan fingerprint density at radius 2 is 2.04 bits per heavy atom. The van der Waals surface area contributed by atoms with Crippen LogP contribution < -0.4 is 11.1 Å². The molecule has 3 rings (SSSR count). The third-order valence-corrected chi connectivity index (χ3v) is 4.16. The van der Waals surface area contributed by atoms with Crippen LogP contribution >= 0.6 is 15.9 Å². The largest absolute Gasteiger partial charge is 0.384 e. The molecule has 25 heavy (non-hydrogen) atoms. The number of halogens is 1. The minimum atomic E-state index is 0.382. The lowest BCUT2D eigenvalue weighted by Crippen LogP contribution is -2.04. The first-order chi connectivity index (χ1) is 12.2. The molecular weight excluding hydrogens is 380 g/mol. The standard InChI is InChI=1S/C18H17BrN6/c19-13-9-14(12-22-11-13)23-8-4-7-17-16(10-20)18(21)25(24-17)15-5-2-1-3-6-15/h1-3,5-6,9,11-12,23H,4,7-8,21H2. The highest BCUT2D eigenvalue weighted by Gasteiger charge is 2.15. The van der Waals surface area contributed by atoms with Gasteiger partial charge in [-0.3, -0.25) is 4.98 Å². The van der Waals surface area contributed by atoms with Crippen molar-refractivity contribution in [2.75, 3.05) is 17.6 Å².